The monoisotopic (exact) mass is 291 g/mol. The van der Waals surface area contributed by atoms with Crippen molar-refractivity contribution in [1.29, 1.82) is 0 Å². The molecule has 0 saturated heterocycles. The van der Waals surface area contributed by atoms with Crippen LogP contribution >= 0.6 is 0 Å². The van der Waals surface area contributed by atoms with Crippen LogP contribution in [0.4, 0.5) is 17.1 Å². The fraction of sp³-hybridized carbons (Fsp3) is 0.600. The van der Waals surface area contributed by atoms with Crippen LogP contribution in [-0.2, 0) is 6.42 Å². The van der Waals surface area contributed by atoms with E-state index in [1.807, 2.05) is 0 Å². The number of nitro benzene ring substituents is 1. The van der Waals surface area contributed by atoms with E-state index in [0.717, 1.165) is 49.9 Å². The number of nitrogens with zero attached hydrogens (tertiary/aromatic N) is 1. The molecule has 1 aromatic carbocycles. The highest BCUT2D eigenvalue weighted by atomic mass is 16.6. The Morgan fingerprint density at radius 3 is 3.05 bits per heavy atom. The lowest BCUT2D eigenvalue weighted by Gasteiger charge is -2.22. The predicted octanol–water partition coefficient (Wildman–Crippen LogP) is 2.53. The Morgan fingerprint density at radius 2 is 2.29 bits per heavy atom. The van der Waals surface area contributed by atoms with Gasteiger partial charge in [-0.1, -0.05) is 6.42 Å². The molecule has 0 radical (unpaired) electrons. The van der Waals surface area contributed by atoms with Crippen molar-refractivity contribution in [2.24, 2.45) is 5.92 Å². The lowest BCUT2D eigenvalue weighted by Crippen LogP contribution is -2.25. The van der Waals surface area contributed by atoms with Crippen LogP contribution in [0, 0.1) is 16.0 Å². The summed E-state index contributed by atoms with van der Waals surface area (Å²) in [4.78, 5) is 11.0. The van der Waals surface area contributed by atoms with Crippen molar-refractivity contribution in [3.8, 4) is 0 Å². The molecule has 2 aliphatic rings. The van der Waals surface area contributed by atoms with Gasteiger partial charge in [-0.3, -0.25) is 10.1 Å². The Hall–Kier alpha value is -1.82. The highest BCUT2D eigenvalue weighted by Crippen LogP contribution is 2.40. The van der Waals surface area contributed by atoms with Crippen LogP contribution in [0.2, 0.25) is 0 Å². The second kappa shape index (κ2) is 5.89. The summed E-state index contributed by atoms with van der Waals surface area (Å²) >= 11 is 0. The number of aliphatic hydroxyl groups is 1. The minimum atomic E-state index is -0.309. The average molecular weight is 291 g/mol. The molecule has 1 fully saturated rings. The molecule has 1 aromatic rings. The molecule has 0 amide bonds. The number of nitrogens with one attached hydrogen (secondary N) is 2. The molecule has 1 aliphatic heterocycles. The largest absolute Gasteiger partial charge is 0.396 e. The van der Waals surface area contributed by atoms with Gasteiger partial charge in [0.15, 0.2) is 0 Å². The second-order valence-electron chi connectivity index (χ2n) is 5.87. The third-order valence-corrected chi connectivity index (χ3v) is 4.67. The zero-order chi connectivity index (χ0) is 14.8. The SMILES string of the molecule is O=[N+]([O-])c1ccc2c(c1N[C@@H]1CCC[C@@H]1CCO)CCN2. The smallest absolute Gasteiger partial charge is 0.292 e. The number of hydrogen-bond acceptors (Lipinski definition) is 5. The summed E-state index contributed by atoms with van der Waals surface area (Å²) < 4.78 is 0. The van der Waals surface area contributed by atoms with Gasteiger partial charge in [0.25, 0.3) is 5.69 Å². The molecule has 1 heterocycles. The maximum Gasteiger partial charge on any atom is 0.292 e. The van der Waals surface area contributed by atoms with E-state index in [0.29, 0.717) is 11.6 Å². The highest BCUT2D eigenvalue weighted by Gasteiger charge is 2.31. The Bertz CT molecular complexity index is 547. The first kappa shape index (κ1) is 14.1. The van der Waals surface area contributed by atoms with Crippen molar-refractivity contribution < 1.29 is 10.0 Å². The molecular weight excluding hydrogens is 270 g/mol. The quantitative estimate of drug-likeness (QED) is 0.573. The number of hydrogen-bond donors (Lipinski definition) is 3. The second-order valence-corrected chi connectivity index (χ2v) is 5.87. The van der Waals surface area contributed by atoms with Crippen LogP contribution in [0.5, 0.6) is 0 Å². The van der Waals surface area contributed by atoms with Crippen LogP contribution in [-0.4, -0.2) is 29.2 Å². The Balaban J connectivity index is 1.90. The molecule has 0 unspecified atom stereocenters. The van der Waals surface area contributed by atoms with Crippen molar-refractivity contribution >= 4 is 17.1 Å². The van der Waals surface area contributed by atoms with Crippen LogP contribution in [0.25, 0.3) is 0 Å². The number of fused-ring (bicyclic) bond motifs is 1. The van der Waals surface area contributed by atoms with Crippen LogP contribution in [0.15, 0.2) is 12.1 Å². The van der Waals surface area contributed by atoms with Crippen LogP contribution in [0.1, 0.15) is 31.2 Å². The van der Waals surface area contributed by atoms with Gasteiger partial charge >= 0.3 is 0 Å². The lowest BCUT2D eigenvalue weighted by atomic mass is 9.98. The van der Waals surface area contributed by atoms with E-state index >= 15 is 0 Å². The van der Waals surface area contributed by atoms with Gasteiger partial charge in [0.2, 0.25) is 0 Å². The third-order valence-electron chi connectivity index (χ3n) is 4.67. The molecular formula is C15H21N3O3. The first-order valence-electron chi connectivity index (χ1n) is 7.62. The van der Waals surface area contributed by atoms with E-state index in [4.69, 9.17) is 5.11 Å². The molecule has 0 bridgehead atoms. The molecule has 1 saturated carbocycles. The number of aliphatic hydroxyl groups excluding tert-OH is 1. The molecule has 2 atom stereocenters. The standard InChI is InChI=1S/C15H21N3O3/c19-9-7-10-2-1-3-12(10)17-15-11-6-8-16-13(11)4-5-14(15)18(20)21/h4-5,10,12,16-17,19H,1-3,6-9H2/t10-,12-/m1/s1. The van der Waals surface area contributed by atoms with Gasteiger partial charge in [-0.15, -0.1) is 0 Å². The summed E-state index contributed by atoms with van der Waals surface area (Å²) in [6.45, 7) is 1.01. The molecule has 1 aliphatic carbocycles. The zero-order valence-corrected chi connectivity index (χ0v) is 12.0. The first-order chi connectivity index (χ1) is 10.2. The van der Waals surface area contributed by atoms with Gasteiger partial charge in [0.1, 0.15) is 5.69 Å². The summed E-state index contributed by atoms with van der Waals surface area (Å²) in [7, 11) is 0. The average Bonchev–Trinajstić information content (AvgIpc) is 3.08. The van der Waals surface area contributed by atoms with Gasteiger partial charge in [-0.2, -0.15) is 0 Å². The lowest BCUT2D eigenvalue weighted by molar-refractivity contribution is -0.384. The van der Waals surface area contributed by atoms with Gasteiger partial charge in [-0.25, -0.2) is 0 Å². The van der Waals surface area contributed by atoms with E-state index < -0.39 is 0 Å². The van der Waals surface area contributed by atoms with Crippen molar-refractivity contribution in [1.82, 2.24) is 0 Å². The molecule has 0 aromatic heterocycles. The first-order valence-corrected chi connectivity index (χ1v) is 7.62. The maximum atomic E-state index is 11.3. The number of benzene rings is 1. The summed E-state index contributed by atoms with van der Waals surface area (Å²) in [6.07, 6.45) is 4.79. The maximum absolute atomic E-state index is 11.3. The summed E-state index contributed by atoms with van der Waals surface area (Å²) in [5, 5.41) is 27.2. The van der Waals surface area contributed by atoms with Crippen LogP contribution in [0.3, 0.4) is 0 Å². The molecule has 3 N–H and O–H groups in total. The molecule has 114 valence electrons. The van der Waals surface area contributed by atoms with E-state index in [2.05, 4.69) is 10.6 Å². The zero-order valence-electron chi connectivity index (χ0n) is 12.0. The van der Waals surface area contributed by atoms with Crippen molar-refractivity contribution in [3.63, 3.8) is 0 Å². The normalized spacial score (nSPS) is 23.7. The molecule has 0 spiro atoms. The van der Waals surface area contributed by atoms with E-state index in [1.165, 1.54) is 0 Å². The Labute approximate surface area is 123 Å². The van der Waals surface area contributed by atoms with Gasteiger partial charge in [0.05, 0.1) is 4.92 Å². The van der Waals surface area contributed by atoms with Gasteiger partial charge in [-0.05, 0) is 37.7 Å². The predicted molar refractivity (Wildman–Crippen MR) is 81.7 cm³/mol. The van der Waals surface area contributed by atoms with Crippen molar-refractivity contribution in [2.75, 3.05) is 23.8 Å². The van der Waals surface area contributed by atoms with Crippen molar-refractivity contribution in [3.05, 3.63) is 27.8 Å². The minimum absolute atomic E-state index is 0.159. The van der Waals surface area contributed by atoms with Crippen molar-refractivity contribution in [2.45, 2.75) is 38.1 Å². The van der Waals surface area contributed by atoms with Gasteiger partial charge in [0, 0.05) is 36.5 Å². The number of rotatable bonds is 5. The summed E-state index contributed by atoms with van der Waals surface area (Å²) in [6, 6.07) is 3.60. The fourth-order valence-corrected chi connectivity index (χ4v) is 3.62. The highest BCUT2D eigenvalue weighted by molar-refractivity contribution is 5.77. The fourth-order valence-electron chi connectivity index (χ4n) is 3.62. The van der Waals surface area contributed by atoms with Crippen LogP contribution < -0.4 is 10.6 Å². The minimum Gasteiger partial charge on any atom is -0.396 e. The molecule has 3 rings (SSSR count). The topological polar surface area (TPSA) is 87.4 Å². The Morgan fingerprint density at radius 1 is 1.43 bits per heavy atom. The van der Waals surface area contributed by atoms with E-state index in [-0.39, 0.29) is 23.3 Å². The molecule has 6 heteroatoms. The van der Waals surface area contributed by atoms with E-state index in [1.54, 1.807) is 12.1 Å². The number of nitro groups is 1. The number of anilines is 2. The molecule has 21 heavy (non-hydrogen) atoms. The summed E-state index contributed by atoms with van der Waals surface area (Å²) in [5.74, 6) is 0.403. The van der Waals surface area contributed by atoms with Gasteiger partial charge < -0.3 is 15.7 Å². The summed E-state index contributed by atoms with van der Waals surface area (Å²) in [5.41, 5.74) is 2.86. The third kappa shape index (κ3) is 2.68. The Kier molecular flexibility index (Phi) is 3.96. The molecule has 6 nitrogen and oxygen atoms in total. The van der Waals surface area contributed by atoms with E-state index in [9.17, 15) is 10.1 Å².